The summed E-state index contributed by atoms with van der Waals surface area (Å²) in [5.41, 5.74) is 2.59. The molecule has 2 atom stereocenters. The fourth-order valence-electron chi connectivity index (χ4n) is 3.89. The van der Waals surface area contributed by atoms with E-state index in [4.69, 9.17) is 9.47 Å². The van der Waals surface area contributed by atoms with Gasteiger partial charge in [-0.3, -0.25) is 4.79 Å². The number of benzene rings is 2. The van der Waals surface area contributed by atoms with Crippen LogP contribution >= 0.6 is 11.8 Å². The Labute approximate surface area is 196 Å². The van der Waals surface area contributed by atoms with E-state index in [1.807, 2.05) is 19.9 Å². The van der Waals surface area contributed by atoms with Gasteiger partial charge in [-0.05, 0) is 74.1 Å². The summed E-state index contributed by atoms with van der Waals surface area (Å²) in [6.45, 7) is 10.2. The van der Waals surface area contributed by atoms with Crippen molar-refractivity contribution in [3.05, 3.63) is 53.8 Å². The molecule has 1 aliphatic heterocycles. The lowest BCUT2D eigenvalue weighted by atomic mass is 9.94. The second-order valence-electron chi connectivity index (χ2n) is 8.13. The molecule has 32 heavy (non-hydrogen) atoms. The predicted molar refractivity (Wildman–Crippen MR) is 130 cm³/mol. The van der Waals surface area contributed by atoms with Crippen molar-refractivity contribution < 1.29 is 18.7 Å². The van der Waals surface area contributed by atoms with E-state index >= 15 is 0 Å². The van der Waals surface area contributed by atoms with Gasteiger partial charge in [-0.15, -0.1) is 0 Å². The number of ether oxygens (including phenoxy) is 2. The summed E-state index contributed by atoms with van der Waals surface area (Å²) in [7, 11) is 1.73. The number of rotatable bonds is 7. The normalized spacial score (nSPS) is 19.6. The molecule has 1 fully saturated rings. The van der Waals surface area contributed by atoms with Crippen LogP contribution in [0.1, 0.15) is 53.0 Å². The van der Waals surface area contributed by atoms with E-state index in [2.05, 4.69) is 37.4 Å². The first-order valence-corrected chi connectivity index (χ1v) is 12.2. The number of carbonyl (C=O) groups is 1. The van der Waals surface area contributed by atoms with Crippen LogP contribution in [-0.2, 0) is 20.7 Å². The zero-order valence-electron chi connectivity index (χ0n) is 20.0. The predicted octanol–water partition coefficient (Wildman–Crippen LogP) is 6.22. The fraction of sp³-hybridized carbons (Fsp3) is 0.500. The Morgan fingerprint density at radius 1 is 1.22 bits per heavy atom. The van der Waals surface area contributed by atoms with Gasteiger partial charge in [0.25, 0.3) is 0 Å². The molecule has 1 saturated heterocycles. The molecule has 1 amide bonds. The first kappa shape index (κ1) is 26.4. The Balaban J connectivity index is 0.00000176. The number of hydrogen-bond acceptors (Lipinski definition) is 4. The lowest BCUT2D eigenvalue weighted by Crippen LogP contribution is -2.46. The van der Waals surface area contributed by atoms with Crippen molar-refractivity contribution in [3.8, 4) is 11.1 Å². The topological polar surface area (TPSA) is 47.6 Å². The zero-order chi connectivity index (χ0) is 23.7. The Morgan fingerprint density at radius 2 is 1.97 bits per heavy atom. The maximum absolute atomic E-state index is 13.9. The van der Waals surface area contributed by atoms with Crippen molar-refractivity contribution in [1.82, 2.24) is 5.32 Å². The van der Waals surface area contributed by atoms with Crippen molar-refractivity contribution in [2.24, 2.45) is 0 Å². The molecular weight excluding hydrogens is 425 g/mol. The van der Waals surface area contributed by atoms with Gasteiger partial charge in [0, 0.05) is 25.5 Å². The van der Waals surface area contributed by atoms with Crippen LogP contribution in [0.5, 0.6) is 0 Å². The van der Waals surface area contributed by atoms with Gasteiger partial charge in [0.05, 0.1) is 11.7 Å². The summed E-state index contributed by atoms with van der Waals surface area (Å²) < 4.78 is 25.7. The molecule has 2 aromatic carbocycles. The Hall–Kier alpha value is -1.89. The van der Waals surface area contributed by atoms with Gasteiger partial charge in [0.15, 0.2) is 0 Å². The average Bonchev–Trinajstić information content (AvgIpc) is 2.75. The van der Waals surface area contributed by atoms with Crippen LogP contribution in [0.2, 0.25) is 0 Å². The number of halogens is 1. The highest BCUT2D eigenvalue weighted by atomic mass is 32.2. The lowest BCUT2D eigenvalue weighted by Gasteiger charge is -2.41. The van der Waals surface area contributed by atoms with Gasteiger partial charge < -0.3 is 14.8 Å². The molecule has 1 N–H and O–H groups in total. The van der Waals surface area contributed by atoms with Crippen LogP contribution < -0.4 is 5.32 Å². The molecule has 176 valence electrons. The molecular formula is C26H36FNO3S. The highest BCUT2D eigenvalue weighted by molar-refractivity contribution is 7.99. The van der Waals surface area contributed by atoms with E-state index in [0.717, 1.165) is 34.4 Å². The van der Waals surface area contributed by atoms with Crippen LogP contribution in [0.4, 0.5) is 4.39 Å². The third-order valence-corrected chi connectivity index (χ3v) is 6.53. The molecule has 1 aliphatic rings. The smallest absolute Gasteiger partial charge is 0.216 e. The van der Waals surface area contributed by atoms with Crippen LogP contribution in [-0.4, -0.2) is 36.7 Å². The van der Waals surface area contributed by atoms with Crippen LogP contribution in [0.15, 0.2) is 47.4 Å². The highest BCUT2D eigenvalue weighted by Crippen LogP contribution is 2.39. The van der Waals surface area contributed by atoms with Crippen molar-refractivity contribution in [1.29, 1.82) is 0 Å². The van der Waals surface area contributed by atoms with Crippen LogP contribution in [0.3, 0.4) is 0 Å². The molecule has 2 unspecified atom stereocenters. The molecule has 2 aromatic rings. The number of thioether (sulfide) groups is 1. The van der Waals surface area contributed by atoms with Gasteiger partial charge in [0.1, 0.15) is 11.3 Å². The molecule has 4 nitrogen and oxygen atoms in total. The van der Waals surface area contributed by atoms with Gasteiger partial charge >= 0.3 is 0 Å². The minimum atomic E-state index is -0.339. The van der Waals surface area contributed by atoms with E-state index in [9.17, 15) is 9.18 Å². The summed E-state index contributed by atoms with van der Waals surface area (Å²) >= 11 is 1.69. The van der Waals surface area contributed by atoms with Crippen molar-refractivity contribution in [2.75, 3.05) is 13.7 Å². The van der Waals surface area contributed by atoms with E-state index in [1.165, 1.54) is 13.0 Å². The van der Waals surface area contributed by atoms with E-state index < -0.39 is 0 Å². The van der Waals surface area contributed by atoms with Crippen molar-refractivity contribution in [3.63, 3.8) is 0 Å². The van der Waals surface area contributed by atoms with Crippen molar-refractivity contribution in [2.45, 2.75) is 75.9 Å². The van der Waals surface area contributed by atoms with Crippen LogP contribution in [0.25, 0.3) is 11.1 Å². The standard InChI is InChI=1S/C24H30FNO3S.C2H6/c1-16(27)26-13-12-17-8-9-20(15-21(17)18-6-5-7-19(25)14-18)30-23-11-10-22(28-4)24(2,3)29-23;1-2/h5-9,14-15,22-23H,10-13H2,1-4H3,(H,26,27);1-2H3. The molecule has 6 heteroatoms. The van der Waals surface area contributed by atoms with E-state index in [0.29, 0.717) is 13.0 Å². The number of carbonyl (C=O) groups excluding carboxylic acids is 1. The second kappa shape index (κ2) is 12.4. The van der Waals surface area contributed by atoms with Gasteiger partial charge in [-0.2, -0.15) is 0 Å². The molecule has 0 spiro atoms. The number of hydrogen-bond donors (Lipinski definition) is 1. The summed E-state index contributed by atoms with van der Waals surface area (Å²) in [4.78, 5) is 12.3. The summed E-state index contributed by atoms with van der Waals surface area (Å²) in [5.74, 6) is -0.317. The molecule has 0 saturated carbocycles. The summed E-state index contributed by atoms with van der Waals surface area (Å²) in [6, 6.07) is 12.9. The lowest BCUT2D eigenvalue weighted by molar-refractivity contribution is -0.155. The summed E-state index contributed by atoms with van der Waals surface area (Å²) in [6.07, 6.45) is 2.63. The average molecular weight is 462 g/mol. The largest absolute Gasteiger partial charge is 0.378 e. The minimum absolute atomic E-state index is 0.0389. The molecule has 0 aliphatic carbocycles. The van der Waals surface area contributed by atoms with Crippen LogP contribution in [0, 0.1) is 5.82 Å². The van der Waals surface area contributed by atoms with Gasteiger partial charge in [0.2, 0.25) is 5.91 Å². The Morgan fingerprint density at radius 3 is 2.59 bits per heavy atom. The third kappa shape index (κ3) is 7.32. The van der Waals surface area contributed by atoms with E-state index in [1.54, 1.807) is 31.0 Å². The maximum Gasteiger partial charge on any atom is 0.216 e. The summed E-state index contributed by atoms with van der Waals surface area (Å²) in [5, 5.41) is 2.83. The first-order valence-electron chi connectivity index (χ1n) is 11.3. The first-order chi connectivity index (χ1) is 15.3. The quantitative estimate of drug-likeness (QED) is 0.532. The molecule has 0 bridgehead atoms. The molecule has 0 aromatic heterocycles. The molecule has 3 rings (SSSR count). The van der Waals surface area contributed by atoms with E-state index in [-0.39, 0.29) is 28.9 Å². The molecule has 0 radical (unpaired) electrons. The van der Waals surface area contributed by atoms with Crippen molar-refractivity contribution >= 4 is 17.7 Å². The number of nitrogens with one attached hydrogen (secondary N) is 1. The molecule has 1 heterocycles. The number of methoxy groups -OCH3 is 1. The monoisotopic (exact) mass is 461 g/mol. The SMILES string of the molecule is CC.COC1CCC(Sc2ccc(CCNC(C)=O)c(-c3cccc(F)c3)c2)OC1(C)C. The Bertz CT molecular complexity index is 887. The van der Waals surface area contributed by atoms with Gasteiger partial charge in [-0.1, -0.05) is 43.8 Å². The number of amides is 1. The fourth-order valence-corrected chi connectivity index (χ4v) is 5.08. The third-order valence-electron chi connectivity index (χ3n) is 5.41. The second-order valence-corrected chi connectivity index (χ2v) is 9.37. The maximum atomic E-state index is 13.9. The minimum Gasteiger partial charge on any atom is -0.378 e. The highest BCUT2D eigenvalue weighted by Gasteiger charge is 2.38. The Kier molecular flexibility index (Phi) is 10.2. The zero-order valence-corrected chi connectivity index (χ0v) is 20.9. The van der Waals surface area contributed by atoms with Gasteiger partial charge in [-0.25, -0.2) is 4.39 Å².